The Kier molecular flexibility index (Phi) is 4.82. The van der Waals surface area contributed by atoms with Crippen LogP contribution in [0.5, 0.6) is 0 Å². The van der Waals surface area contributed by atoms with Gasteiger partial charge >= 0.3 is 11.9 Å². The van der Waals surface area contributed by atoms with E-state index in [9.17, 15) is 9.59 Å². The minimum Gasteiger partial charge on any atom is -0.466 e. The predicted molar refractivity (Wildman–Crippen MR) is 95.7 cm³/mol. The highest BCUT2D eigenvalue weighted by molar-refractivity contribution is 5.90. The molecule has 0 N–H and O–H groups in total. The van der Waals surface area contributed by atoms with Gasteiger partial charge in [0.1, 0.15) is 6.61 Å². The van der Waals surface area contributed by atoms with Gasteiger partial charge in [0.05, 0.1) is 7.11 Å². The summed E-state index contributed by atoms with van der Waals surface area (Å²) in [5.41, 5.74) is 1.66. The molecule has 4 heteroatoms. The van der Waals surface area contributed by atoms with Gasteiger partial charge in [-0.1, -0.05) is 26.8 Å². The Bertz CT molecular complexity index is 632. The summed E-state index contributed by atoms with van der Waals surface area (Å²) < 4.78 is 10.1. The Morgan fingerprint density at radius 3 is 2.72 bits per heavy atom. The molecule has 4 unspecified atom stereocenters. The predicted octanol–water partition coefficient (Wildman–Crippen LogP) is 4.20. The summed E-state index contributed by atoms with van der Waals surface area (Å²) in [7, 11) is 1.47. The topological polar surface area (TPSA) is 52.6 Å². The number of ether oxygens (including phenoxy) is 2. The number of esters is 2. The quantitative estimate of drug-likeness (QED) is 0.716. The SMILES string of the molecule is COC(=O)C1=CCCC2C1(C)CCC(C)C2(C)CCC1=CCOC1=O. The Morgan fingerprint density at radius 1 is 1.32 bits per heavy atom. The zero-order chi connectivity index (χ0) is 18.2. The standard InChI is InChI=1S/C21H30O4/c1-14-8-11-21(3)16(19(23)24-4)6-5-7-17(21)20(14,2)12-9-15-10-13-25-18(15)22/h6,10,14,17H,5,7-9,11-13H2,1-4H3. The smallest absolute Gasteiger partial charge is 0.334 e. The van der Waals surface area contributed by atoms with Crippen molar-refractivity contribution in [3.8, 4) is 0 Å². The molecule has 0 saturated heterocycles. The van der Waals surface area contributed by atoms with Gasteiger partial charge < -0.3 is 9.47 Å². The van der Waals surface area contributed by atoms with Gasteiger partial charge in [-0.2, -0.15) is 0 Å². The molecule has 0 bridgehead atoms. The van der Waals surface area contributed by atoms with Gasteiger partial charge in [-0.25, -0.2) is 9.59 Å². The van der Waals surface area contributed by atoms with E-state index in [0.29, 0.717) is 18.4 Å². The molecule has 4 nitrogen and oxygen atoms in total. The summed E-state index contributed by atoms with van der Waals surface area (Å²) in [6.07, 6.45) is 9.89. The first-order valence-electron chi connectivity index (χ1n) is 9.48. The van der Waals surface area contributed by atoms with Crippen LogP contribution in [-0.4, -0.2) is 25.7 Å². The second kappa shape index (κ2) is 6.62. The maximum absolute atomic E-state index is 12.4. The lowest BCUT2D eigenvalue weighted by Gasteiger charge is -2.57. The van der Waals surface area contributed by atoms with Gasteiger partial charge in [-0.15, -0.1) is 0 Å². The van der Waals surface area contributed by atoms with Gasteiger partial charge in [0, 0.05) is 16.6 Å². The van der Waals surface area contributed by atoms with Crippen LogP contribution in [0, 0.1) is 22.7 Å². The molecule has 0 radical (unpaired) electrons. The van der Waals surface area contributed by atoms with Crippen LogP contribution in [0.2, 0.25) is 0 Å². The second-order valence-corrected chi connectivity index (χ2v) is 8.43. The first kappa shape index (κ1) is 18.2. The van der Waals surface area contributed by atoms with Gasteiger partial charge in [-0.3, -0.25) is 0 Å². The summed E-state index contributed by atoms with van der Waals surface area (Å²) in [5, 5.41) is 0. The van der Waals surface area contributed by atoms with Crippen molar-refractivity contribution >= 4 is 11.9 Å². The maximum atomic E-state index is 12.4. The van der Waals surface area contributed by atoms with E-state index in [2.05, 4.69) is 26.8 Å². The highest BCUT2D eigenvalue weighted by Crippen LogP contribution is 2.62. The Balaban J connectivity index is 1.87. The number of carbonyl (C=O) groups excluding carboxylic acids is 2. The first-order valence-corrected chi connectivity index (χ1v) is 9.48. The fraction of sp³-hybridized carbons (Fsp3) is 0.714. The average molecular weight is 346 g/mol. The second-order valence-electron chi connectivity index (χ2n) is 8.43. The van der Waals surface area contributed by atoms with Gasteiger partial charge in [0.2, 0.25) is 0 Å². The van der Waals surface area contributed by atoms with Crippen LogP contribution in [-0.2, 0) is 19.1 Å². The van der Waals surface area contributed by atoms with Crippen LogP contribution in [0.15, 0.2) is 23.3 Å². The van der Waals surface area contributed by atoms with E-state index in [-0.39, 0.29) is 22.8 Å². The molecule has 1 fully saturated rings. The molecule has 138 valence electrons. The van der Waals surface area contributed by atoms with E-state index in [0.717, 1.165) is 49.7 Å². The van der Waals surface area contributed by atoms with Crippen molar-refractivity contribution < 1.29 is 19.1 Å². The molecule has 1 heterocycles. The molecule has 0 aromatic heterocycles. The monoisotopic (exact) mass is 346 g/mol. The van der Waals surface area contributed by atoms with Gasteiger partial charge in [0.25, 0.3) is 0 Å². The van der Waals surface area contributed by atoms with Crippen molar-refractivity contribution in [2.75, 3.05) is 13.7 Å². The number of fused-ring (bicyclic) bond motifs is 1. The molecule has 0 aromatic carbocycles. The third-order valence-electron chi connectivity index (χ3n) is 7.35. The van der Waals surface area contributed by atoms with Crippen LogP contribution < -0.4 is 0 Å². The largest absolute Gasteiger partial charge is 0.466 e. The van der Waals surface area contributed by atoms with E-state index in [1.807, 2.05) is 6.08 Å². The van der Waals surface area contributed by atoms with E-state index >= 15 is 0 Å². The molecule has 25 heavy (non-hydrogen) atoms. The zero-order valence-electron chi connectivity index (χ0n) is 15.9. The van der Waals surface area contributed by atoms with Crippen LogP contribution >= 0.6 is 0 Å². The minimum absolute atomic E-state index is 0.101. The Hall–Kier alpha value is -1.58. The van der Waals surface area contributed by atoms with Crippen LogP contribution in [0.1, 0.15) is 59.3 Å². The lowest BCUT2D eigenvalue weighted by atomic mass is 9.46. The Morgan fingerprint density at radius 2 is 2.08 bits per heavy atom. The average Bonchev–Trinajstić information content (AvgIpc) is 3.01. The van der Waals surface area contributed by atoms with Crippen LogP contribution in [0.25, 0.3) is 0 Å². The van der Waals surface area contributed by atoms with Gasteiger partial charge in [0.15, 0.2) is 0 Å². The number of hydrogen-bond acceptors (Lipinski definition) is 4. The van der Waals surface area contributed by atoms with E-state index in [1.165, 1.54) is 7.11 Å². The highest BCUT2D eigenvalue weighted by Gasteiger charge is 2.55. The minimum atomic E-state index is -0.175. The highest BCUT2D eigenvalue weighted by atomic mass is 16.5. The Labute approximate surface area is 150 Å². The van der Waals surface area contributed by atoms with Gasteiger partial charge in [-0.05, 0) is 61.9 Å². The fourth-order valence-corrected chi connectivity index (χ4v) is 5.54. The number of cyclic esters (lactones) is 1. The molecule has 1 saturated carbocycles. The van der Waals surface area contributed by atoms with E-state index in [1.54, 1.807) is 0 Å². The third kappa shape index (κ3) is 2.94. The first-order chi connectivity index (χ1) is 11.8. The number of methoxy groups -OCH3 is 1. The van der Waals surface area contributed by atoms with Crippen molar-refractivity contribution in [1.29, 1.82) is 0 Å². The summed E-state index contributed by atoms with van der Waals surface area (Å²) in [6.45, 7) is 7.35. The summed E-state index contributed by atoms with van der Waals surface area (Å²) >= 11 is 0. The normalized spacial score (nSPS) is 37.7. The number of carbonyl (C=O) groups is 2. The van der Waals surface area contributed by atoms with Crippen LogP contribution in [0.4, 0.5) is 0 Å². The molecule has 0 aromatic rings. The lowest BCUT2D eigenvalue weighted by molar-refractivity contribution is -0.140. The van der Waals surface area contributed by atoms with Crippen molar-refractivity contribution in [3.05, 3.63) is 23.3 Å². The molecular weight excluding hydrogens is 316 g/mol. The third-order valence-corrected chi connectivity index (χ3v) is 7.35. The molecule has 2 aliphatic carbocycles. The van der Waals surface area contributed by atoms with E-state index < -0.39 is 0 Å². The molecule has 0 spiro atoms. The number of rotatable bonds is 4. The molecule has 0 amide bonds. The van der Waals surface area contributed by atoms with E-state index in [4.69, 9.17) is 9.47 Å². The maximum Gasteiger partial charge on any atom is 0.334 e. The molecular formula is C21H30O4. The van der Waals surface area contributed by atoms with Crippen molar-refractivity contribution in [1.82, 2.24) is 0 Å². The molecule has 4 atom stereocenters. The summed E-state index contributed by atoms with van der Waals surface area (Å²) in [5.74, 6) is 0.668. The zero-order valence-corrected chi connectivity index (χ0v) is 15.9. The molecule has 3 rings (SSSR count). The van der Waals surface area contributed by atoms with Crippen molar-refractivity contribution in [2.24, 2.45) is 22.7 Å². The van der Waals surface area contributed by atoms with Crippen molar-refractivity contribution in [3.63, 3.8) is 0 Å². The summed E-state index contributed by atoms with van der Waals surface area (Å²) in [4.78, 5) is 24.2. The number of allylic oxidation sites excluding steroid dienone is 1. The summed E-state index contributed by atoms with van der Waals surface area (Å²) in [6, 6.07) is 0. The molecule has 1 aliphatic heterocycles. The van der Waals surface area contributed by atoms with Crippen LogP contribution in [0.3, 0.4) is 0 Å². The molecule has 3 aliphatic rings. The fourth-order valence-electron chi connectivity index (χ4n) is 5.54. The lowest BCUT2D eigenvalue weighted by Crippen LogP contribution is -2.51. The number of hydrogen-bond donors (Lipinski definition) is 0. The van der Waals surface area contributed by atoms with Crippen molar-refractivity contribution in [2.45, 2.75) is 59.3 Å².